The molecule has 0 aromatic carbocycles. The van der Waals surface area contributed by atoms with Gasteiger partial charge in [-0.25, -0.2) is 0 Å². The second-order valence-electron chi connectivity index (χ2n) is 6.07. The van der Waals surface area contributed by atoms with Crippen molar-refractivity contribution < 1.29 is 66.0 Å². The van der Waals surface area contributed by atoms with E-state index in [0.717, 1.165) is 32.7 Å². The van der Waals surface area contributed by atoms with Crippen LogP contribution in [0.3, 0.4) is 0 Å². The van der Waals surface area contributed by atoms with Gasteiger partial charge in [0.05, 0.1) is 5.60 Å². The summed E-state index contributed by atoms with van der Waals surface area (Å²) >= 11 is 0. The monoisotopic (exact) mass is 336 g/mol. The first kappa shape index (κ1) is 22.9. The normalized spacial score (nSPS) is 36.0. The van der Waals surface area contributed by atoms with Gasteiger partial charge >= 0.3 is 51.4 Å². The first-order valence-electron chi connectivity index (χ1n) is 7.71. The zero-order valence-corrected chi connectivity index (χ0v) is 17.5. The molecule has 0 bridgehead atoms. The third-order valence-electron chi connectivity index (χ3n) is 5.12. The van der Waals surface area contributed by atoms with E-state index in [4.69, 9.17) is 21.3 Å². The Morgan fingerprint density at radius 1 is 1.55 bits per heavy atom. The van der Waals surface area contributed by atoms with Crippen molar-refractivity contribution in [1.29, 1.82) is 0 Å². The number of rotatable bonds is 5. The van der Waals surface area contributed by atoms with Crippen LogP contribution >= 0.6 is 0 Å². The topological polar surface area (TPSA) is 96.4 Å². The molecule has 5 nitrogen and oxygen atoms in total. The second kappa shape index (κ2) is 10.0. The Hall–Kier alpha value is 0.886. The van der Waals surface area contributed by atoms with Gasteiger partial charge in [-0.2, -0.15) is 0 Å². The van der Waals surface area contributed by atoms with Crippen molar-refractivity contribution in [3.8, 4) is 0 Å². The number of ether oxygens (including phenoxy) is 1. The molecule has 0 amide bonds. The number of hydrogen-bond acceptors (Lipinski definition) is 4. The summed E-state index contributed by atoms with van der Waals surface area (Å²) in [6, 6.07) is -0.267. The van der Waals surface area contributed by atoms with Crippen LogP contribution in [0.2, 0.25) is 0 Å². The molecule has 0 saturated carbocycles. The van der Waals surface area contributed by atoms with Crippen LogP contribution in [0.5, 0.6) is 0 Å². The molecule has 1 unspecified atom stereocenters. The van der Waals surface area contributed by atoms with E-state index in [-0.39, 0.29) is 69.3 Å². The van der Waals surface area contributed by atoms with E-state index in [2.05, 4.69) is 12.2 Å². The molecule has 1 fully saturated rings. The number of allylic oxidation sites excluding steroid dienone is 1. The number of nitrogens with two attached hydrogens (primary N) is 1. The average molecular weight is 337 g/mol. The van der Waals surface area contributed by atoms with Crippen LogP contribution in [0.15, 0.2) is 12.2 Å². The third kappa shape index (κ3) is 4.10. The fourth-order valence-corrected chi connectivity index (χ4v) is 3.44. The van der Waals surface area contributed by atoms with Crippen LogP contribution in [0.4, 0.5) is 0 Å². The summed E-state index contributed by atoms with van der Waals surface area (Å²) in [5.74, 6) is -0.0176. The maximum atomic E-state index is 11.2. The van der Waals surface area contributed by atoms with E-state index in [1.165, 1.54) is 0 Å². The first-order valence-corrected chi connectivity index (χ1v) is 7.71. The van der Waals surface area contributed by atoms with E-state index >= 15 is 0 Å². The van der Waals surface area contributed by atoms with Gasteiger partial charge in [-0.15, -0.1) is 0 Å². The number of aliphatic hydroxyl groups excluding tert-OH is 1. The van der Waals surface area contributed by atoms with Gasteiger partial charge in [-0.1, -0.05) is 24.6 Å². The molecular weight excluding hydrogens is 307 g/mol. The summed E-state index contributed by atoms with van der Waals surface area (Å²) in [6.45, 7) is 4.16. The Balaban J connectivity index is 0.00000141. The summed E-state index contributed by atoms with van der Waals surface area (Å²) in [5, 5.41) is 7.00. The molecule has 122 valence electrons. The summed E-state index contributed by atoms with van der Waals surface area (Å²) in [7, 11) is 1.00. The fourth-order valence-electron chi connectivity index (χ4n) is 3.44. The van der Waals surface area contributed by atoms with Gasteiger partial charge in [-0.05, 0) is 38.5 Å². The minimum absolute atomic E-state index is 0. The number of hydrogen-bond donors (Lipinski definition) is 2. The van der Waals surface area contributed by atoms with Gasteiger partial charge in [0, 0.05) is 25.7 Å². The first-order chi connectivity index (χ1) is 9.99. The molecule has 0 spiro atoms. The van der Waals surface area contributed by atoms with E-state index in [1.54, 1.807) is 0 Å². The Bertz CT molecular complexity index is 380. The van der Waals surface area contributed by atoms with E-state index in [9.17, 15) is 4.79 Å². The molecule has 6 heteroatoms. The molecule has 1 heterocycles. The second-order valence-corrected chi connectivity index (χ2v) is 6.07. The third-order valence-corrected chi connectivity index (χ3v) is 5.12. The molecule has 5 atom stereocenters. The van der Waals surface area contributed by atoms with Gasteiger partial charge in [0.25, 0.3) is 0 Å². The van der Waals surface area contributed by atoms with Crippen LogP contribution in [-0.2, 0) is 9.53 Å². The number of nitrogens with one attached hydrogen (secondary N) is 1. The Labute approximate surface area is 176 Å². The zero-order valence-electron chi connectivity index (χ0n) is 14.3. The molecule has 0 aromatic heterocycles. The van der Waals surface area contributed by atoms with Crippen molar-refractivity contribution in [1.82, 2.24) is 0 Å². The van der Waals surface area contributed by atoms with E-state index in [0.29, 0.717) is 13.0 Å². The molecule has 2 aliphatic rings. The standard InChI is InChI=1S/C15H25N2O2.CH4O.K/c1-3-12(9-18)14(2)15(17,10-19-14)13(16)11-7-5-4-6-8-11;1-2;/h5,7,9,11-13,17H,3-4,6,8,10,16H2,1-2H3;2H,1H3;/q-1;;+1/t11-,12+,13?,14+,15-;;/m1../s1. The van der Waals surface area contributed by atoms with Crippen molar-refractivity contribution in [3.05, 3.63) is 17.9 Å². The van der Waals surface area contributed by atoms with Crippen molar-refractivity contribution in [3.63, 3.8) is 0 Å². The Kier molecular flexibility index (Phi) is 10.4. The smallest absolute Gasteiger partial charge is 0.666 e. The summed E-state index contributed by atoms with van der Waals surface area (Å²) in [4.78, 5) is 11.2. The molecular formula is C16H29KN2O3. The minimum atomic E-state index is -0.860. The maximum absolute atomic E-state index is 11.2. The minimum Gasteiger partial charge on any atom is -0.666 e. The SMILES string of the molecule is CC[C@@H](C=O)[C@]1(C)OC[C@@]1([NH-])C(N)[C@@H]1C=CCCC1.CO.[K+]. The van der Waals surface area contributed by atoms with Gasteiger partial charge in [0.1, 0.15) is 6.29 Å². The number of carbonyl (C=O) groups is 1. The number of aldehydes is 1. The van der Waals surface area contributed by atoms with Crippen LogP contribution in [0.25, 0.3) is 5.73 Å². The maximum Gasteiger partial charge on any atom is 1.00 e. The summed E-state index contributed by atoms with van der Waals surface area (Å²) in [5.41, 5.74) is 13.5. The molecule has 4 N–H and O–H groups in total. The van der Waals surface area contributed by atoms with Crippen molar-refractivity contribution in [2.24, 2.45) is 17.6 Å². The van der Waals surface area contributed by atoms with Crippen molar-refractivity contribution >= 4 is 6.29 Å². The Morgan fingerprint density at radius 2 is 2.18 bits per heavy atom. The molecule has 22 heavy (non-hydrogen) atoms. The quantitative estimate of drug-likeness (QED) is 0.386. The largest absolute Gasteiger partial charge is 1.00 e. The fraction of sp³-hybridized carbons (Fsp3) is 0.812. The van der Waals surface area contributed by atoms with E-state index in [1.807, 2.05) is 13.8 Å². The molecule has 1 saturated heterocycles. The van der Waals surface area contributed by atoms with Gasteiger partial charge < -0.3 is 26.1 Å². The summed E-state index contributed by atoms with van der Waals surface area (Å²) in [6.07, 6.45) is 9.18. The molecule has 2 rings (SSSR count). The van der Waals surface area contributed by atoms with Crippen LogP contribution in [0, 0.1) is 11.8 Å². The number of aliphatic hydroxyl groups is 1. The summed E-state index contributed by atoms with van der Waals surface area (Å²) < 4.78 is 5.67. The van der Waals surface area contributed by atoms with Crippen LogP contribution in [-0.4, -0.2) is 42.3 Å². The average Bonchev–Trinajstić information content (AvgIpc) is 2.56. The predicted octanol–water partition coefficient (Wildman–Crippen LogP) is -0.912. The van der Waals surface area contributed by atoms with Gasteiger partial charge in [0.15, 0.2) is 0 Å². The number of carbonyl (C=O) groups excluding carboxylic acids is 1. The Morgan fingerprint density at radius 3 is 2.55 bits per heavy atom. The molecule has 1 aliphatic heterocycles. The van der Waals surface area contributed by atoms with Crippen LogP contribution < -0.4 is 57.1 Å². The van der Waals surface area contributed by atoms with E-state index < -0.39 is 11.1 Å². The molecule has 0 radical (unpaired) electrons. The van der Waals surface area contributed by atoms with Gasteiger partial charge in [0.2, 0.25) is 0 Å². The molecule has 1 aliphatic carbocycles. The predicted molar refractivity (Wildman–Crippen MR) is 83.9 cm³/mol. The molecule has 0 aromatic rings. The van der Waals surface area contributed by atoms with Crippen molar-refractivity contribution in [2.75, 3.05) is 13.7 Å². The van der Waals surface area contributed by atoms with Crippen molar-refractivity contribution in [2.45, 2.75) is 56.7 Å². The van der Waals surface area contributed by atoms with Gasteiger partial charge in [-0.3, -0.25) is 0 Å². The zero-order chi connectivity index (χ0) is 16.1. The van der Waals surface area contributed by atoms with Crippen LogP contribution in [0.1, 0.15) is 39.5 Å².